The molecule has 0 rings (SSSR count). The lowest BCUT2D eigenvalue weighted by molar-refractivity contribution is -0.155. The standard InChI is InChI=1S/C14H26O7S/c1-5-7-8-9-21-12(17)14(10-11(15)16,22(18,19)20)13(3,4)6-2/h5-10H2,1-4H3,(H,15,16)(H,18,19,20). The van der Waals surface area contributed by atoms with Crippen molar-refractivity contribution in [1.82, 2.24) is 0 Å². The predicted molar refractivity (Wildman–Crippen MR) is 81.1 cm³/mol. The fraction of sp³-hybridized carbons (Fsp3) is 0.857. The lowest BCUT2D eigenvalue weighted by atomic mass is 9.74. The summed E-state index contributed by atoms with van der Waals surface area (Å²) in [5, 5.41) is 9.05. The Morgan fingerprint density at radius 2 is 1.68 bits per heavy atom. The number of aliphatic carboxylic acids is 1. The second kappa shape index (κ2) is 7.92. The summed E-state index contributed by atoms with van der Waals surface area (Å²) in [5.41, 5.74) is -1.30. The van der Waals surface area contributed by atoms with Gasteiger partial charge in [-0.15, -0.1) is 0 Å². The molecule has 0 aromatic rings. The molecule has 7 nitrogen and oxygen atoms in total. The van der Waals surface area contributed by atoms with E-state index < -0.39 is 38.6 Å². The van der Waals surface area contributed by atoms with Gasteiger partial charge in [0.2, 0.25) is 4.75 Å². The van der Waals surface area contributed by atoms with Crippen molar-refractivity contribution < 1.29 is 32.4 Å². The van der Waals surface area contributed by atoms with E-state index in [0.29, 0.717) is 6.42 Å². The van der Waals surface area contributed by atoms with Crippen molar-refractivity contribution in [2.75, 3.05) is 6.61 Å². The Kier molecular flexibility index (Phi) is 7.50. The molecule has 1 atom stereocenters. The first kappa shape index (κ1) is 20.9. The molecule has 0 fully saturated rings. The highest BCUT2D eigenvalue weighted by Crippen LogP contribution is 2.43. The van der Waals surface area contributed by atoms with Crippen LogP contribution in [-0.2, 0) is 24.4 Å². The van der Waals surface area contributed by atoms with Crippen LogP contribution < -0.4 is 0 Å². The van der Waals surface area contributed by atoms with Gasteiger partial charge >= 0.3 is 11.9 Å². The van der Waals surface area contributed by atoms with Gasteiger partial charge in [0.25, 0.3) is 10.1 Å². The number of hydrogen-bond acceptors (Lipinski definition) is 5. The zero-order valence-electron chi connectivity index (χ0n) is 13.6. The van der Waals surface area contributed by atoms with E-state index in [9.17, 15) is 22.6 Å². The third-order valence-corrected chi connectivity index (χ3v) is 5.87. The Balaban J connectivity index is 5.75. The van der Waals surface area contributed by atoms with Gasteiger partial charge in [-0.1, -0.05) is 40.5 Å². The fourth-order valence-corrected chi connectivity index (χ4v) is 3.68. The first-order valence-electron chi connectivity index (χ1n) is 7.32. The molecule has 0 radical (unpaired) electrons. The minimum atomic E-state index is -4.99. The monoisotopic (exact) mass is 338 g/mol. The average molecular weight is 338 g/mol. The number of hydrogen-bond donors (Lipinski definition) is 2. The highest BCUT2D eigenvalue weighted by molar-refractivity contribution is 7.88. The van der Waals surface area contributed by atoms with Gasteiger partial charge in [0.05, 0.1) is 13.0 Å². The topological polar surface area (TPSA) is 118 Å². The van der Waals surface area contributed by atoms with E-state index in [4.69, 9.17) is 9.84 Å². The van der Waals surface area contributed by atoms with Gasteiger partial charge in [-0.05, 0) is 18.3 Å². The molecule has 22 heavy (non-hydrogen) atoms. The maximum absolute atomic E-state index is 12.4. The third-order valence-electron chi connectivity index (χ3n) is 4.13. The van der Waals surface area contributed by atoms with E-state index in [1.165, 1.54) is 13.8 Å². The summed E-state index contributed by atoms with van der Waals surface area (Å²) >= 11 is 0. The Hall–Kier alpha value is -1.15. The van der Waals surface area contributed by atoms with Gasteiger partial charge in [0.15, 0.2) is 0 Å². The Labute approximate surface area is 131 Å². The summed E-state index contributed by atoms with van der Waals surface area (Å²) in [4.78, 5) is 23.5. The van der Waals surface area contributed by atoms with E-state index in [-0.39, 0.29) is 13.0 Å². The summed E-state index contributed by atoms with van der Waals surface area (Å²) in [6.07, 6.45) is 1.35. The van der Waals surface area contributed by atoms with Crippen LogP contribution in [0.4, 0.5) is 0 Å². The summed E-state index contributed by atoms with van der Waals surface area (Å²) < 4.78 is 35.9. The Bertz CT molecular complexity index is 495. The van der Waals surface area contributed by atoms with Crippen LogP contribution in [0, 0.1) is 5.41 Å². The van der Waals surface area contributed by atoms with Crippen molar-refractivity contribution in [3.8, 4) is 0 Å². The Morgan fingerprint density at radius 1 is 1.14 bits per heavy atom. The van der Waals surface area contributed by atoms with Crippen molar-refractivity contribution >= 4 is 22.1 Å². The number of carbonyl (C=O) groups is 2. The lowest BCUT2D eigenvalue weighted by Crippen LogP contribution is -2.58. The largest absolute Gasteiger partial charge is 0.481 e. The van der Waals surface area contributed by atoms with Crippen LogP contribution in [0.5, 0.6) is 0 Å². The molecule has 0 aromatic heterocycles. The normalized spacial score (nSPS) is 15.1. The van der Waals surface area contributed by atoms with Crippen molar-refractivity contribution in [3.63, 3.8) is 0 Å². The summed E-state index contributed by atoms with van der Waals surface area (Å²) in [7, 11) is -4.99. The van der Waals surface area contributed by atoms with Gasteiger partial charge in [-0.25, -0.2) is 0 Å². The lowest BCUT2D eigenvalue weighted by Gasteiger charge is -2.40. The molecule has 0 aliphatic rings. The number of esters is 1. The van der Waals surface area contributed by atoms with E-state index in [1.54, 1.807) is 6.92 Å². The van der Waals surface area contributed by atoms with E-state index >= 15 is 0 Å². The molecule has 0 heterocycles. The number of carboxylic acids is 1. The molecule has 2 N–H and O–H groups in total. The zero-order chi connectivity index (χ0) is 17.6. The van der Waals surface area contributed by atoms with Gasteiger partial charge in [0.1, 0.15) is 0 Å². The van der Waals surface area contributed by atoms with E-state index in [2.05, 4.69) is 0 Å². The second-order valence-electron chi connectivity index (χ2n) is 5.95. The molecule has 0 aromatic carbocycles. The van der Waals surface area contributed by atoms with Crippen molar-refractivity contribution in [1.29, 1.82) is 0 Å². The third kappa shape index (κ3) is 4.42. The molecular weight excluding hydrogens is 312 g/mol. The van der Waals surface area contributed by atoms with E-state index in [0.717, 1.165) is 12.8 Å². The molecule has 0 aliphatic carbocycles. The van der Waals surface area contributed by atoms with Crippen molar-refractivity contribution in [3.05, 3.63) is 0 Å². The molecule has 0 saturated carbocycles. The molecule has 0 amide bonds. The Morgan fingerprint density at radius 3 is 2.05 bits per heavy atom. The number of rotatable bonds is 10. The van der Waals surface area contributed by atoms with Crippen LogP contribution in [0.1, 0.15) is 59.8 Å². The highest BCUT2D eigenvalue weighted by Gasteiger charge is 2.62. The minimum absolute atomic E-state index is 0.0106. The van der Waals surface area contributed by atoms with Crippen LogP contribution in [-0.4, -0.2) is 41.4 Å². The molecule has 0 bridgehead atoms. The molecule has 0 saturated heterocycles. The van der Waals surface area contributed by atoms with E-state index in [1.807, 2.05) is 6.92 Å². The number of ether oxygens (including phenoxy) is 1. The predicted octanol–water partition coefficient (Wildman–Crippen LogP) is 2.26. The van der Waals surface area contributed by atoms with Crippen molar-refractivity contribution in [2.45, 2.75) is 64.5 Å². The molecule has 0 aliphatic heterocycles. The van der Waals surface area contributed by atoms with Gasteiger partial charge in [-0.2, -0.15) is 8.42 Å². The molecule has 130 valence electrons. The molecular formula is C14H26O7S. The van der Waals surface area contributed by atoms with Gasteiger partial charge in [0, 0.05) is 0 Å². The summed E-state index contributed by atoms with van der Waals surface area (Å²) in [5.74, 6) is -2.70. The van der Waals surface area contributed by atoms with Crippen LogP contribution in [0.2, 0.25) is 0 Å². The number of carboxylic acid groups (broad SMARTS) is 1. The van der Waals surface area contributed by atoms with Gasteiger partial charge < -0.3 is 9.84 Å². The summed E-state index contributed by atoms with van der Waals surface area (Å²) in [6, 6.07) is 0. The van der Waals surface area contributed by atoms with Crippen molar-refractivity contribution in [2.24, 2.45) is 5.41 Å². The fourth-order valence-electron chi connectivity index (χ4n) is 2.27. The van der Waals surface area contributed by atoms with Crippen LogP contribution in [0.15, 0.2) is 0 Å². The molecule has 8 heteroatoms. The average Bonchev–Trinajstić information content (AvgIpc) is 2.38. The number of carbonyl (C=O) groups excluding carboxylic acids is 1. The smallest absolute Gasteiger partial charge is 0.331 e. The van der Waals surface area contributed by atoms with Crippen LogP contribution in [0.25, 0.3) is 0 Å². The quantitative estimate of drug-likeness (QED) is 0.356. The maximum Gasteiger partial charge on any atom is 0.331 e. The molecule has 1 unspecified atom stereocenters. The highest BCUT2D eigenvalue weighted by atomic mass is 32.2. The number of unbranched alkanes of at least 4 members (excludes halogenated alkanes) is 2. The SMILES string of the molecule is CCCCCOC(=O)C(CC(=O)O)(C(C)(C)CC)S(=O)(=O)O. The maximum atomic E-state index is 12.4. The van der Waals surface area contributed by atoms with Crippen LogP contribution >= 0.6 is 0 Å². The minimum Gasteiger partial charge on any atom is -0.481 e. The first-order chi connectivity index (χ1) is 9.96. The zero-order valence-corrected chi connectivity index (χ0v) is 14.4. The molecule has 0 spiro atoms. The second-order valence-corrected chi connectivity index (χ2v) is 7.60. The van der Waals surface area contributed by atoms with Gasteiger partial charge in [-0.3, -0.25) is 14.1 Å². The first-order valence-corrected chi connectivity index (χ1v) is 8.76. The van der Waals surface area contributed by atoms with Crippen LogP contribution in [0.3, 0.4) is 0 Å². The summed E-state index contributed by atoms with van der Waals surface area (Å²) in [6.45, 7) is 6.42.